The number of benzene rings is 2. The van der Waals surface area contributed by atoms with Crippen LogP contribution in [0.4, 0.5) is 5.13 Å². The summed E-state index contributed by atoms with van der Waals surface area (Å²) < 4.78 is 5.96. The van der Waals surface area contributed by atoms with Crippen LogP contribution in [-0.2, 0) is 16.2 Å². The average Bonchev–Trinajstić information content (AvgIpc) is 3.50. The predicted molar refractivity (Wildman–Crippen MR) is 128 cm³/mol. The van der Waals surface area contributed by atoms with Crippen LogP contribution in [0.3, 0.4) is 0 Å². The molecule has 1 unspecified atom stereocenters. The number of nitrogens with zero attached hydrogens (tertiary/aromatic N) is 3. The van der Waals surface area contributed by atoms with Gasteiger partial charge in [-0.1, -0.05) is 42.5 Å². The van der Waals surface area contributed by atoms with Gasteiger partial charge in [-0.3, -0.25) is 19.5 Å². The molecule has 34 heavy (non-hydrogen) atoms. The van der Waals surface area contributed by atoms with Crippen LogP contribution in [0.2, 0.25) is 0 Å². The Bertz CT molecular complexity index is 1360. The second-order valence-corrected chi connectivity index (χ2v) is 8.44. The van der Waals surface area contributed by atoms with E-state index in [1.54, 1.807) is 41.9 Å². The first kappa shape index (κ1) is 21.5. The molecule has 0 radical (unpaired) electrons. The summed E-state index contributed by atoms with van der Waals surface area (Å²) in [4.78, 5) is 35.7. The number of aromatic nitrogens is 2. The fourth-order valence-electron chi connectivity index (χ4n) is 3.86. The van der Waals surface area contributed by atoms with Crippen LogP contribution in [0.15, 0.2) is 96.3 Å². The van der Waals surface area contributed by atoms with Gasteiger partial charge in [0.05, 0.1) is 11.6 Å². The second kappa shape index (κ2) is 9.29. The lowest BCUT2D eigenvalue weighted by Gasteiger charge is -2.23. The van der Waals surface area contributed by atoms with Crippen molar-refractivity contribution < 1.29 is 19.4 Å². The van der Waals surface area contributed by atoms with Gasteiger partial charge in [0.1, 0.15) is 18.1 Å². The SMILES string of the molecule is O=C1C(=O)N(c2nccs2)C(c2cccc(OCc3ccccc3)c2)C1=C(O)c1ccncc1. The molecule has 7 nitrogen and oxygen atoms in total. The minimum absolute atomic E-state index is 0.00777. The number of ether oxygens (including phenoxy) is 1. The molecular formula is C26H19N3O4S. The highest BCUT2D eigenvalue weighted by molar-refractivity contribution is 7.14. The molecule has 4 aromatic rings. The van der Waals surface area contributed by atoms with Crippen molar-refractivity contribution in [2.45, 2.75) is 12.6 Å². The number of rotatable bonds is 6. The molecule has 0 bridgehead atoms. The maximum atomic E-state index is 13.1. The molecule has 1 N–H and O–H groups in total. The summed E-state index contributed by atoms with van der Waals surface area (Å²) in [6.45, 7) is 0.369. The van der Waals surface area contributed by atoms with Crippen LogP contribution in [-0.4, -0.2) is 26.8 Å². The normalized spacial score (nSPS) is 17.2. The van der Waals surface area contributed by atoms with Crippen molar-refractivity contribution in [2.24, 2.45) is 0 Å². The molecule has 168 valence electrons. The van der Waals surface area contributed by atoms with Crippen molar-refractivity contribution in [3.8, 4) is 5.75 Å². The third-order valence-electron chi connectivity index (χ3n) is 5.45. The first-order chi connectivity index (χ1) is 16.6. The summed E-state index contributed by atoms with van der Waals surface area (Å²) in [5.74, 6) is -1.20. The highest BCUT2D eigenvalue weighted by Gasteiger charge is 2.48. The number of Topliss-reactive ketones (excluding diaryl/α,β-unsaturated/α-hetero) is 1. The summed E-state index contributed by atoms with van der Waals surface area (Å²) in [5, 5.41) is 13.2. The average molecular weight is 470 g/mol. The topological polar surface area (TPSA) is 92.6 Å². The number of hydrogen-bond donors (Lipinski definition) is 1. The van der Waals surface area contributed by atoms with E-state index in [4.69, 9.17) is 4.74 Å². The van der Waals surface area contributed by atoms with E-state index in [1.807, 2.05) is 36.4 Å². The van der Waals surface area contributed by atoms with E-state index < -0.39 is 17.7 Å². The number of aliphatic hydroxyl groups excluding tert-OH is 1. The predicted octanol–water partition coefficient (Wildman–Crippen LogP) is 4.74. The van der Waals surface area contributed by atoms with Crippen LogP contribution < -0.4 is 9.64 Å². The van der Waals surface area contributed by atoms with E-state index in [2.05, 4.69) is 9.97 Å². The summed E-state index contributed by atoms with van der Waals surface area (Å²) in [7, 11) is 0. The van der Waals surface area contributed by atoms with Crippen molar-refractivity contribution in [1.29, 1.82) is 0 Å². The van der Waals surface area contributed by atoms with E-state index in [-0.39, 0.29) is 11.3 Å². The molecule has 1 aliphatic rings. The molecule has 3 heterocycles. The van der Waals surface area contributed by atoms with Gasteiger partial charge in [-0.15, -0.1) is 11.3 Å². The summed E-state index contributed by atoms with van der Waals surface area (Å²) in [5.41, 5.74) is 2.02. The zero-order chi connectivity index (χ0) is 23.5. The zero-order valence-corrected chi connectivity index (χ0v) is 18.7. The van der Waals surface area contributed by atoms with Crippen LogP contribution in [0, 0.1) is 0 Å². The van der Waals surface area contributed by atoms with Gasteiger partial charge in [0, 0.05) is 29.5 Å². The number of carbonyl (C=O) groups excluding carboxylic acids is 2. The van der Waals surface area contributed by atoms with Gasteiger partial charge in [-0.2, -0.15) is 0 Å². The molecule has 1 amide bonds. The van der Waals surface area contributed by atoms with Crippen molar-refractivity contribution in [3.05, 3.63) is 113 Å². The van der Waals surface area contributed by atoms with Crippen molar-refractivity contribution in [3.63, 3.8) is 0 Å². The summed E-state index contributed by atoms with van der Waals surface area (Å²) >= 11 is 1.24. The monoisotopic (exact) mass is 469 g/mol. The lowest BCUT2D eigenvalue weighted by atomic mass is 9.95. The maximum Gasteiger partial charge on any atom is 0.301 e. The van der Waals surface area contributed by atoms with E-state index >= 15 is 0 Å². The van der Waals surface area contributed by atoms with Gasteiger partial charge in [0.15, 0.2) is 5.13 Å². The molecule has 8 heteroatoms. The number of carbonyl (C=O) groups is 2. The standard InChI is InChI=1S/C26H19N3O4S/c30-23(18-9-11-27-12-10-18)21-22(29(25(32)24(21)31)26-28-13-14-34-26)19-7-4-8-20(15-19)33-16-17-5-2-1-3-6-17/h1-15,22,30H,16H2. The number of aliphatic hydroxyl groups is 1. The Kier molecular flexibility index (Phi) is 5.88. The van der Waals surface area contributed by atoms with Crippen LogP contribution in [0.5, 0.6) is 5.75 Å². The van der Waals surface area contributed by atoms with Gasteiger partial charge in [-0.25, -0.2) is 4.98 Å². The van der Waals surface area contributed by atoms with Crippen molar-refractivity contribution in [1.82, 2.24) is 9.97 Å². The Labute approximate surface area is 199 Å². The maximum absolute atomic E-state index is 13.1. The molecular weight excluding hydrogens is 450 g/mol. The number of thiazole rings is 1. The second-order valence-electron chi connectivity index (χ2n) is 7.57. The van der Waals surface area contributed by atoms with Crippen LogP contribution in [0.1, 0.15) is 22.7 Å². The number of hydrogen-bond acceptors (Lipinski definition) is 7. The quantitative estimate of drug-likeness (QED) is 0.249. The molecule has 0 spiro atoms. The first-order valence-electron chi connectivity index (χ1n) is 10.5. The zero-order valence-electron chi connectivity index (χ0n) is 17.9. The van der Waals surface area contributed by atoms with Gasteiger partial charge in [0.2, 0.25) is 0 Å². The van der Waals surface area contributed by atoms with E-state index in [1.165, 1.54) is 28.6 Å². The van der Waals surface area contributed by atoms with Gasteiger partial charge >= 0.3 is 5.91 Å². The molecule has 0 aliphatic carbocycles. The Morgan fingerprint density at radius 3 is 2.53 bits per heavy atom. The molecule has 1 saturated heterocycles. The smallest absolute Gasteiger partial charge is 0.301 e. The molecule has 5 rings (SSSR count). The van der Waals surface area contributed by atoms with Crippen molar-refractivity contribution >= 4 is 33.9 Å². The Hall–Kier alpha value is -4.30. The molecule has 1 fully saturated rings. The summed E-state index contributed by atoms with van der Waals surface area (Å²) in [6, 6.07) is 19.2. The molecule has 1 aliphatic heterocycles. The largest absolute Gasteiger partial charge is 0.507 e. The highest BCUT2D eigenvalue weighted by Crippen LogP contribution is 2.43. The summed E-state index contributed by atoms with van der Waals surface area (Å²) in [6.07, 6.45) is 4.59. The molecule has 2 aromatic heterocycles. The fraction of sp³-hybridized carbons (Fsp3) is 0.0769. The van der Waals surface area contributed by atoms with Gasteiger partial charge in [-0.05, 0) is 35.4 Å². The third-order valence-corrected chi connectivity index (χ3v) is 6.22. The Balaban J connectivity index is 1.58. The Morgan fingerprint density at radius 2 is 1.79 bits per heavy atom. The van der Waals surface area contributed by atoms with E-state index in [0.717, 1.165) is 5.56 Å². The number of ketones is 1. The number of amides is 1. The van der Waals surface area contributed by atoms with Gasteiger partial charge in [0.25, 0.3) is 5.78 Å². The Morgan fingerprint density at radius 1 is 1.00 bits per heavy atom. The molecule has 0 saturated carbocycles. The number of pyridine rings is 1. The third kappa shape index (κ3) is 4.06. The van der Waals surface area contributed by atoms with E-state index in [9.17, 15) is 14.7 Å². The minimum atomic E-state index is -0.861. The van der Waals surface area contributed by atoms with Crippen LogP contribution in [0.25, 0.3) is 5.76 Å². The number of anilines is 1. The highest BCUT2D eigenvalue weighted by atomic mass is 32.1. The minimum Gasteiger partial charge on any atom is -0.507 e. The first-order valence-corrected chi connectivity index (χ1v) is 11.4. The van der Waals surface area contributed by atoms with Gasteiger partial charge < -0.3 is 9.84 Å². The van der Waals surface area contributed by atoms with Crippen molar-refractivity contribution in [2.75, 3.05) is 4.90 Å². The molecule has 1 atom stereocenters. The van der Waals surface area contributed by atoms with Crippen LogP contribution >= 0.6 is 11.3 Å². The molecule has 2 aromatic carbocycles. The van der Waals surface area contributed by atoms with E-state index in [0.29, 0.717) is 28.6 Å². The lowest BCUT2D eigenvalue weighted by molar-refractivity contribution is -0.132. The fourth-order valence-corrected chi connectivity index (χ4v) is 4.53. The lowest BCUT2D eigenvalue weighted by Crippen LogP contribution is -2.29.